The average Bonchev–Trinajstić information content (AvgIpc) is 2.44. The molecular formula is C16H21ClN2O4. The molecule has 0 bridgehead atoms. The maximum Gasteiger partial charge on any atom is 0.243 e. The van der Waals surface area contributed by atoms with Crippen LogP contribution >= 0.6 is 11.6 Å². The molecule has 0 saturated carbocycles. The highest BCUT2D eigenvalue weighted by Gasteiger charge is 2.18. The van der Waals surface area contributed by atoms with Gasteiger partial charge in [0.1, 0.15) is 13.2 Å². The van der Waals surface area contributed by atoms with Crippen LogP contribution < -0.4 is 20.1 Å². The maximum atomic E-state index is 11.9. The molecule has 0 atom stereocenters. The first-order valence-corrected chi connectivity index (χ1v) is 7.78. The van der Waals surface area contributed by atoms with Gasteiger partial charge in [-0.1, -0.05) is 32.4 Å². The van der Waals surface area contributed by atoms with Crippen molar-refractivity contribution in [3.63, 3.8) is 0 Å². The Balaban J connectivity index is 1.91. The molecule has 2 rings (SSSR count). The van der Waals surface area contributed by atoms with Gasteiger partial charge in [-0.05, 0) is 5.41 Å². The van der Waals surface area contributed by atoms with Crippen molar-refractivity contribution in [3.8, 4) is 11.5 Å². The van der Waals surface area contributed by atoms with Crippen LogP contribution in [-0.2, 0) is 9.59 Å². The maximum absolute atomic E-state index is 11.9. The van der Waals surface area contributed by atoms with E-state index in [0.29, 0.717) is 41.8 Å². The van der Waals surface area contributed by atoms with E-state index in [-0.39, 0.29) is 23.8 Å². The van der Waals surface area contributed by atoms with Gasteiger partial charge in [-0.25, -0.2) is 0 Å². The summed E-state index contributed by atoms with van der Waals surface area (Å²) in [5.74, 6) is 0.567. The largest absolute Gasteiger partial charge is 0.486 e. The highest BCUT2D eigenvalue weighted by molar-refractivity contribution is 6.34. The second-order valence-corrected chi connectivity index (χ2v) is 6.95. The predicted octanol–water partition coefficient (Wildman–Crippen LogP) is 2.60. The van der Waals surface area contributed by atoms with E-state index in [0.717, 1.165) is 0 Å². The zero-order chi connectivity index (χ0) is 17.0. The summed E-state index contributed by atoms with van der Waals surface area (Å²) in [7, 11) is 0. The minimum absolute atomic E-state index is 0.111. The SMILES string of the molecule is CC(C)(C)CC(=O)NCC(=O)Nc1cc2c(cc1Cl)OCCO2. The lowest BCUT2D eigenvalue weighted by molar-refractivity contribution is -0.125. The molecule has 1 aromatic rings. The number of nitrogens with one attached hydrogen (secondary N) is 2. The molecule has 0 saturated heterocycles. The zero-order valence-corrected chi connectivity index (χ0v) is 14.3. The topological polar surface area (TPSA) is 76.7 Å². The van der Waals surface area contributed by atoms with Crippen molar-refractivity contribution in [2.75, 3.05) is 25.1 Å². The van der Waals surface area contributed by atoms with Crippen molar-refractivity contribution >= 4 is 29.1 Å². The molecule has 0 aliphatic carbocycles. The molecule has 7 heteroatoms. The summed E-state index contributed by atoms with van der Waals surface area (Å²) < 4.78 is 10.9. The summed E-state index contributed by atoms with van der Waals surface area (Å²) in [5.41, 5.74) is 0.297. The van der Waals surface area contributed by atoms with Crippen LogP contribution in [0.25, 0.3) is 0 Å². The summed E-state index contributed by atoms with van der Waals surface area (Å²) in [5, 5.41) is 5.60. The second-order valence-electron chi connectivity index (χ2n) is 6.54. The Morgan fingerprint density at radius 3 is 2.35 bits per heavy atom. The molecule has 0 spiro atoms. The molecule has 0 aromatic heterocycles. The molecule has 23 heavy (non-hydrogen) atoms. The van der Waals surface area contributed by atoms with Gasteiger partial charge in [-0.15, -0.1) is 0 Å². The van der Waals surface area contributed by atoms with Crippen LogP contribution in [0.1, 0.15) is 27.2 Å². The molecule has 0 radical (unpaired) electrons. The molecule has 0 unspecified atom stereocenters. The summed E-state index contributed by atoms with van der Waals surface area (Å²) in [6.07, 6.45) is 0.352. The van der Waals surface area contributed by atoms with Crippen LogP contribution in [0.4, 0.5) is 5.69 Å². The molecule has 1 heterocycles. The van der Waals surface area contributed by atoms with Crippen molar-refractivity contribution < 1.29 is 19.1 Å². The van der Waals surface area contributed by atoms with Gasteiger partial charge in [0.25, 0.3) is 0 Å². The van der Waals surface area contributed by atoms with E-state index in [4.69, 9.17) is 21.1 Å². The average molecular weight is 341 g/mol. The van der Waals surface area contributed by atoms with E-state index >= 15 is 0 Å². The van der Waals surface area contributed by atoms with Gasteiger partial charge in [-0.2, -0.15) is 0 Å². The zero-order valence-electron chi connectivity index (χ0n) is 13.5. The molecule has 6 nitrogen and oxygen atoms in total. The van der Waals surface area contributed by atoms with Gasteiger partial charge in [0.05, 0.1) is 17.3 Å². The Labute approximate surface area is 140 Å². The fraction of sp³-hybridized carbons (Fsp3) is 0.500. The van der Waals surface area contributed by atoms with Crippen LogP contribution in [0.15, 0.2) is 12.1 Å². The number of amides is 2. The minimum atomic E-state index is -0.356. The minimum Gasteiger partial charge on any atom is -0.486 e. The highest BCUT2D eigenvalue weighted by Crippen LogP contribution is 2.37. The van der Waals surface area contributed by atoms with E-state index in [2.05, 4.69) is 10.6 Å². The Morgan fingerprint density at radius 1 is 1.13 bits per heavy atom. The number of ether oxygens (including phenoxy) is 2. The van der Waals surface area contributed by atoms with Gasteiger partial charge >= 0.3 is 0 Å². The van der Waals surface area contributed by atoms with Crippen LogP contribution in [0, 0.1) is 5.41 Å². The van der Waals surface area contributed by atoms with Crippen molar-refractivity contribution in [1.29, 1.82) is 0 Å². The Morgan fingerprint density at radius 2 is 1.74 bits per heavy atom. The quantitative estimate of drug-likeness (QED) is 0.883. The lowest BCUT2D eigenvalue weighted by atomic mass is 9.92. The van der Waals surface area contributed by atoms with Crippen molar-refractivity contribution in [3.05, 3.63) is 17.2 Å². The van der Waals surface area contributed by atoms with Crippen LogP contribution in [0.2, 0.25) is 5.02 Å². The van der Waals surface area contributed by atoms with Gasteiger partial charge in [-0.3, -0.25) is 9.59 Å². The lowest BCUT2D eigenvalue weighted by Crippen LogP contribution is -2.34. The summed E-state index contributed by atoms with van der Waals surface area (Å²) in [6.45, 7) is 6.68. The molecule has 2 N–H and O–H groups in total. The third-order valence-electron chi connectivity index (χ3n) is 3.04. The fourth-order valence-electron chi connectivity index (χ4n) is 2.08. The Kier molecular flexibility index (Phi) is 5.36. The monoisotopic (exact) mass is 340 g/mol. The number of rotatable bonds is 4. The molecule has 1 aliphatic rings. The van der Waals surface area contributed by atoms with Crippen molar-refractivity contribution in [1.82, 2.24) is 5.32 Å². The van der Waals surface area contributed by atoms with Gasteiger partial charge < -0.3 is 20.1 Å². The van der Waals surface area contributed by atoms with E-state index in [1.165, 1.54) is 0 Å². The Bertz CT molecular complexity index is 611. The van der Waals surface area contributed by atoms with Gasteiger partial charge in [0, 0.05) is 18.6 Å². The number of benzene rings is 1. The molecule has 1 aromatic carbocycles. The molecule has 0 fully saturated rings. The number of carbonyl (C=O) groups excluding carboxylic acids is 2. The van der Waals surface area contributed by atoms with Crippen molar-refractivity contribution in [2.24, 2.45) is 5.41 Å². The number of hydrogen-bond donors (Lipinski definition) is 2. The first kappa shape index (κ1) is 17.4. The first-order chi connectivity index (χ1) is 10.7. The predicted molar refractivity (Wildman–Crippen MR) is 88.2 cm³/mol. The number of carbonyl (C=O) groups is 2. The smallest absolute Gasteiger partial charge is 0.243 e. The van der Waals surface area contributed by atoms with Gasteiger partial charge in [0.15, 0.2) is 11.5 Å². The Hall–Kier alpha value is -1.95. The van der Waals surface area contributed by atoms with Gasteiger partial charge in [0.2, 0.25) is 11.8 Å². The lowest BCUT2D eigenvalue weighted by Gasteiger charge is -2.20. The third-order valence-corrected chi connectivity index (χ3v) is 3.36. The number of anilines is 1. The third kappa shape index (κ3) is 5.32. The van der Waals surface area contributed by atoms with E-state index in [1.54, 1.807) is 12.1 Å². The van der Waals surface area contributed by atoms with E-state index in [1.807, 2.05) is 20.8 Å². The molecule has 2 amide bonds. The first-order valence-electron chi connectivity index (χ1n) is 7.40. The number of halogens is 1. The van der Waals surface area contributed by atoms with E-state index < -0.39 is 0 Å². The second kappa shape index (κ2) is 7.08. The summed E-state index contributed by atoms with van der Waals surface area (Å²) >= 11 is 6.12. The molecule has 126 valence electrons. The number of hydrogen-bond acceptors (Lipinski definition) is 4. The van der Waals surface area contributed by atoms with Crippen LogP contribution in [0.5, 0.6) is 11.5 Å². The van der Waals surface area contributed by atoms with E-state index in [9.17, 15) is 9.59 Å². The summed E-state index contributed by atoms with van der Waals surface area (Å²) in [6, 6.07) is 3.22. The number of fused-ring (bicyclic) bond motifs is 1. The van der Waals surface area contributed by atoms with Crippen LogP contribution in [0.3, 0.4) is 0 Å². The standard InChI is InChI=1S/C16H21ClN2O4/c1-16(2,3)8-14(20)18-9-15(21)19-11-7-13-12(6-10(11)17)22-4-5-23-13/h6-7H,4-5,8-9H2,1-3H3,(H,18,20)(H,19,21). The fourth-order valence-corrected chi connectivity index (χ4v) is 2.28. The normalized spacial score (nSPS) is 13.4. The van der Waals surface area contributed by atoms with Crippen molar-refractivity contribution in [2.45, 2.75) is 27.2 Å². The summed E-state index contributed by atoms with van der Waals surface area (Å²) in [4.78, 5) is 23.7. The molecule has 1 aliphatic heterocycles. The van der Waals surface area contributed by atoms with Crippen LogP contribution in [-0.4, -0.2) is 31.6 Å². The molecular weight excluding hydrogens is 320 g/mol. The highest BCUT2D eigenvalue weighted by atomic mass is 35.5.